The van der Waals surface area contributed by atoms with Crippen molar-refractivity contribution in [2.24, 2.45) is 0 Å². The summed E-state index contributed by atoms with van der Waals surface area (Å²) in [6.45, 7) is 8.83. The molecule has 0 amide bonds. The second-order valence-electron chi connectivity index (χ2n) is 6.10. The molecule has 0 fully saturated rings. The Morgan fingerprint density at radius 2 is 1.81 bits per heavy atom. The average molecular weight is 370 g/mol. The monoisotopic (exact) mass is 370 g/mol. The van der Waals surface area contributed by atoms with Crippen molar-refractivity contribution in [2.45, 2.75) is 51.1 Å². The minimum atomic E-state index is -0.281. The van der Waals surface area contributed by atoms with Gasteiger partial charge in [-0.2, -0.15) is 0 Å². The topological polar surface area (TPSA) is 69.8 Å². The highest BCUT2D eigenvalue weighted by atomic mass is 32.2. The number of carbonyl (C=O) groups is 1. The van der Waals surface area contributed by atoms with Crippen LogP contribution in [0, 0.1) is 6.92 Å². The lowest BCUT2D eigenvalue weighted by Crippen LogP contribution is -2.23. The quantitative estimate of drug-likeness (QED) is 0.378. The Bertz CT molecular complexity index is 1020. The van der Waals surface area contributed by atoms with Gasteiger partial charge < -0.3 is 0 Å². The van der Waals surface area contributed by atoms with Crippen molar-refractivity contribution >= 4 is 28.6 Å². The van der Waals surface area contributed by atoms with E-state index in [0.29, 0.717) is 18.7 Å². The van der Waals surface area contributed by atoms with Gasteiger partial charge in [-0.1, -0.05) is 11.8 Å². The van der Waals surface area contributed by atoms with Gasteiger partial charge in [-0.05, 0) is 52.0 Å². The number of nitrogens with zero attached hydrogens (tertiary/aromatic N) is 4. The summed E-state index contributed by atoms with van der Waals surface area (Å²) in [6.07, 6.45) is 1.51. The lowest BCUT2D eigenvalue weighted by atomic mass is 10.1. The first kappa shape index (κ1) is 18.4. The Labute approximate surface area is 156 Å². The molecule has 1 aromatic carbocycles. The Balaban J connectivity index is 1.94. The van der Waals surface area contributed by atoms with E-state index in [2.05, 4.69) is 9.97 Å². The van der Waals surface area contributed by atoms with Crippen LogP contribution >= 0.6 is 11.8 Å². The predicted octanol–water partition coefficient (Wildman–Crippen LogP) is 3.30. The van der Waals surface area contributed by atoms with Crippen LogP contribution in [-0.2, 0) is 13.1 Å². The van der Waals surface area contributed by atoms with Crippen LogP contribution in [-0.4, -0.2) is 30.1 Å². The lowest BCUT2D eigenvalue weighted by Gasteiger charge is -2.10. The van der Waals surface area contributed by atoms with E-state index >= 15 is 0 Å². The molecule has 2 heterocycles. The largest absolute Gasteiger partial charge is 0.329 e. The molecule has 0 N–H and O–H groups in total. The maximum atomic E-state index is 12.9. The van der Waals surface area contributed by atoms with E-state index in [4.69, 9.17) is 0 Å². The highest BCUT2D eigenvalue weighted by Gasteiger charge is 2.19. The third kappa shape index (κ3) is 3.31. The first-order valence-electron chi connectivity index (χ1n) is 8.68. The number of hydrogen-bond donors (Lipinski definition) is 0. The van der Waals surface area contributed by atoms with Crippen LogP contribution in [0.2, 0.25) is 0 Å². The molecule has 136 valence electrons. The normalized spacial score (nSPS) is 12.5. The van der Waals surface area contributed by atoms with Crippen molar-refractivity contribution in [1.29, 1.82) is 0 Å². The zero-order chi connectivity index (χ0) is 18.8. The number of rotatable bonds is 6. The minimum absolute atomic E-state index is 0.0208. The third-order valence-corrected chi connectivity index (χ3v) is 5.41. The molecule has 3 aromatic rings. The van der Waals surface area contributed by atoms with Crippen LogP contribution < -0.4 is 5.69 Å². The van der Waals surface area contributed by atoms with Gasteiger partial charge in [-0.15, -0.1) is 0 Å². The molecule has 0 aliphatic heterocycles. The van der Waals surface area contributed by atoms with Crippen molar-refractivity contribution in [2.75, 3.05) is 0 Å². The summed E-state index contributed by atoms with van der Waals surface area (Å²) in [4.78, 5) is 33.6. The molecule has 0 saturated heterocycles. The fourth-order valence-electron chi connectivity index (χ4n) is 3.05. The lowest BCUT2D eigenvalue weighted by molar-refractivity contribution is 0.0994. The summed E-state index contributed by atoms with van der Waals surface area (Å²) in [7, 11) is 0. The van der Waals surface area contributed by atoms with Gasteiger partial charge in [-0.25, -0.2) is 14.8 Å². The minimum Gasteiger partial charge on any atom is -0.293 e. The SMILES string of the molecule is CCn1c(=O)n(CC)c2cc(C(=O)C(C)Sc3cc(C)ncn3)ccc21. The molecule has 1 unspecified atom stereocenters. The van der Waals surface area contributed by atoms with Gasteiger partial charge in [0, 0.05) is 24.3 Å². The van der Waals surface area contributed by atoms with Gasteiger partial charge >= 0.3 is 5.69 Å². The van der Waals surface area contributed by atoms with Crippen LogP contribution in [0.4, 0.5) is 0 Å². The van der Waals surface area contributed by atoms with Crippen molar-refractivity contribution in [3.05, 3.63) is 52.3 Å². The van der Waals surface area contributed by atoms with E-state index < -0.39 is 0 Å². The molecule has 7 heteroatoms. The van der Waals surface area contributed by atoms with E-state index in [9.17, 15) is 9.59 Å². The third-order valence-electron chi connectivity index (χ3n) is 4.38. The molecule has 1 atom stereocenters. The standard InChI is InChI=1S/C19H22N4O2S/c1-5-22-15-8-7-14(10-16(15)23(6-2)19(22)25)18(24)13(4)26-17-9-12(3)20-11-21-17/h7-11,13H,5-6H2,1-4H3. The number of Topliss-reactive ketones (excluding diaryl/α,β-unsaturated/α-hetero) is 1. The summed E-state index contributed by atoms with van der Waals surface area (Å²) in [5, 5.41) is 0.499. The maximum Gasteiger partial charge on any atom is 0.329 e. The zero-order valence-corrected chi connectivity index (χ0v) is 16.2. The van der Waals surface area contributed by atoms with E-state index in [0.717, 1.165) is 21.8 Å². The van der Waals surface area contributed by atoms with Crippen molar-refractivity contribution in [3.8, 4) is 0 Å². The number of ketones is 1. The van der Waals surface area contributed by atoms with Crippen LogP contribution in [0.5, 0.6) is 0 Å². The smallest absolute Gasteiger partial charge is 0.293 e. The second kappa shape index (κ2) is 7.45. The van der Waals surface area contributed by atoms with Gasteiger partial charge in [0.05, 0.1) is 16.3 Å². The van der Waals surface area contributed by atoms with Crippen molar-refractivity contribution < 1.29 is 4.79 Å². The molecule has 0 aliphatic rings. The van der Waals surface area contributed by atoms with Gasteiger partial charge in [0.25, 0.3) is 0 Å². The molecule has 2 aromatic heterocycles. The Morgan fingerprint density at radius 1 is 1.12 bits per heavy atom. The van der Waals surface area contributed by atoms with Gasteiger partial charge in [0.1, 0.15) is 11.4 Å². The number of imidazole rings is 1. The highest BCUT2D eigenvalue weighted by molar-refractivity contribution is 8.00. The molecule has 0 spiro atoms. The molecule has 0 aliphatic carbocycles. The number of thioether (sulfide) groups is 1. The predicted molar refractivity (Wildman–Crippen MR) is 104 cm³/mol. The fourth-order valence-corrected chi connectivity index (χ4v) is 4.00. The molecule has 0 saturated carbocycles. The fraction of sp³-hybridized carbons (Fsp3) is 0.368. The van der Waals surface area contributed by atoms with Crippen molar-refractivity contribution in [1.82, 2.24) is 19.1 Å². The molecule has 0 radical (unpaired) electrons. The number of fused-ring (bicyclic) bond motifs is 1. The Hall–Kier alpha value is -2.41. The average Bonchev–Trinajstić information content (AvgIpc) is 2.90. The molecular weight excluding hydrogens is 348 g/mol. The summed E-state index contributed by atoms with van der Waals surface area (Å²) >= 11 is 1.41. The summed E-state index contributed by atoms with van der Waals surface area (Å²) in [6, 6.07) is 7.37. The Kier molecular flexibility index (Phi) is 5.27. The summed E-state index contributed by atoms with van der Waals surface area (Å²) < 4.78 is 3.44. The van der Waals surface area contributed by atoms with Crippen LogP contribution in [0.1, 0.15) is 36.8 Å². The van der Waals surface area contributed by atoms with Crippen LogP contribution in [0.25, 0.3) is 11.0 Å². The van der Waals surface area contributed by atoms with Crippen LogP contribution in [0.15, 0.2) is 40.4 Å². The highest BCUT2D eigenvalue weighted by Crippen LogP contribution is 2.25. The molecule has 3 rings (SSSR count). The number of benzene rings is 1. The van der Waals surface area contributed by atoms with Gasteiger partial charge in [0.15, 0.2) is 5.78 Å². The first-order chi connectivity index (χ1) is 12.5. The zero-order valence-electron chi connectivity index (χ0n) is 15.4. The van der Waals surface area contributed by atoms with Gasteiger partial charge in [0.2, 0.25) is 0 Å². The molecule has 26 heavy (non-hydrogen) atoms. The van der Waals surface area contributed by atoms with Gasteiger partial charge in [-0.3, -0.25) is 13.9 Å². The number of carbonyl (C=O) groups excluding carboxylic acids is 1. The molecule has 6 nitrogen and oxygen atoms in total. The number of aryl methyl sites for hydroxylation is 3. The summed E-state index contributed by atoms with van der Waals surface area (Å²) in [5.74, 6) is 0.0208. The Morgan fingerprint density at radius 3 is 2.46 bits per heavy atom. The number of hydrogen-bond acceptors (Lipinski definition) is 5. The van der Waals surface area contributed by atoms with Crippen molar-refractivity contribution in [3.63, 3.8) is 0 Å². The second-order valence-corrected chi connectivity index (χ2v) is 7.46. The van der Waals surface area contributed by atoms with Crippen LogP contribution in [0.3, 0.4) is 0 Å². The summed E-state index contributed by atoms with van der Waals surface area (Å²) in [5.41, 5.74) is 3.12. The van der Waals surface area contributed by atoms with E-state index in [1.54, 1.807) is 15.2 Å². The molecule has 0 bridgehead atoms. The first-order valence-corrected chi connectivity index (χ1v) is 9.56. The van der Waals surface area contributed by atoms with E-state index in [1.807, 2.05) is 45.9 Å². The molecular formula is C19H22N4O2S. The number of aromatic nitrogens is 4. The maximum absolute atomic E-state index is 12.9. The van der Waals surface area contributed by atoms with E-state index in [1.165, 1.54) is 18.1 Å². The van der Waals surface area contributed by atoms with E-state index in [-0.39, 0.29) is 16.7 Å².